The average molecular weight is 346 g/mol. The van der Waals surface area contributed by atoms with Gasteiger partial charge < -0.3 is 14.6 Å². The predicted octanol–water partition coefficient (Wildman–Crippen LogP) is 2.60. The minimum absolute atomic E-state index is 0.233. The fraction of sp³-hybridized carbons (Fsp3) is 0.167. The number of carbonyl (C=O) groups excluding carboxylic acids is 1. The Morgan fingerprint density at radius 3 is 2.64 bits per heavy atom. The van der Waals surface area contributed by atoms with Crippen LogP contribution in [0.15, 0.2) is 18.2 Å². The normalized spacial score (nSPS) is 10.3. The number of hydrogen-bond acceptors (Lipinski definition) is 6. The van der Waals surface area contributed by atoms with Crippen LogP contribution in [0.1, 0.15) is 17.4 Å². The summed E-state index contributed by atoms with van der Waals surface area (Å²) in [4.78, 5) is 22.1. The van der Waals surface area contributed by atoms with Gasteiger partial charge in [0.05, 0.1) is 10.0 Å². The van der Waals surface area contributed by atoms with Gasteiger partial charge in [-0.05, 0) is 12.1 Å². The zero-order valence-corrected chi connectivity index (χ0v) is 12.6. The van der Waals surface area contributed by atoms with Gasteiger partial charge in [0, 0.05) is 13.0 Å². The number of esters is 1. The van der Waals surface area contributed by atoms with Crippen LogP contribution in [-0.4, -0.2) is 32.0 Å². The first-order valence-electron chi connectivity index (χ1n) is 5.81. The maximum Gasteiger partial charge on any atom is 0.360 e. The molecule has 1 aromatic heterocycles. The van der Waals surface area contributed by atoms with Gasteiger partial charge in [0.1, 0.15) is 5.75 Å². The van der Waals surface area contributed by atoms with E-state index in [9.17, 15) is 14.7 Å². The average Bonchev–Trinajstić information content (AvgIpc) is 2.83. The van der Waals surface area contributed by atoms with E-state index in [1.165, 1.54) is 25.1 Å². The lowest BCUT2D eigenvalue weighted by Crippen LogP contribution is -2.14. The quantitative estimate of drug-likeness (QED) is 0.830. The summed E-state index contributed by atoms with van der Waals surface area (Å²) in [5, 5.41) is 16.9. The van der Waals surface area contributed by atoms with Crippen molar-refractivity contribution in [2.45, 2.75) is 13.7 Å². The third kappa shape index (κ3) is 3.66. The Bertz CT molecular complexity index is 732. The van der Waals surface area contributed by atoms with Gasteiger partial charge in [-0.2, -0.15) is 4.68 Å². The maximum atomic E-state index is 11.3. The summed E-state index contributed by atoms with van der Waals surface area (Å²) in [7, 11) is 0. The van der Waals surface area contributed by atoms with Crippen molar-refractivity contribution < 1.29 is 24.2 Å². The number of aromatic nitrogens is 3. The minimum Gasteiger partial charge on any atom is -0.476 e. The second-order valence-electron chi connectivity index (χ2n) is 3.99. The summed E-state index contributed by atoms with van der Waals surface area (Å²) in [6.07, 6.45) is 0. The number of carbonyl (C=O) groups is 2. The number of nitrogens with zero attached hydrogens (tertiary/aromatic N) is 3. The van der Waals surface area contributed by atoms with Gasteiger partial charge in [-0.1, -0.05) is 33.5 Å². The molecular weight excluding hydrogens is 337 g/mol. The Morgan fingerprint density at radius 2 is 2.05 bits per heavy atom. The molecule has 8 nitrogen and oxygen atoms in total. The molecule has 0 aliphatic carbocycles. The Hall–Kier alpha value is -2.32. The summed E-state index contributed by atoms with van der Waals surface area (Å²) in [6, 6.07) is 4.38. The maximum absolute atomic E-state index is 11.3. The lowest BCUT2D eigenvalue weighted by molar-refractivity contribution is -0.145. The minimum atomic E-state index is -1.34. The van der Waals surface area contributed by atoms with Crippen molar-refractivity contribution in [2.24, 2.45) is 0 Å². The summed E-state index contributed by atoms with van der Waals surface area (Å²) < 4.78 is 10.9. The number of carboxylic acids is 1. The molecule has 116 valence electrons. The third-order valence-electron chi connectivity index (χ3n) is 2.40. The van der Waals surface area contributed by atoms with Gasteiger partial charge in [-0.3, -0.25) is 4.79 Å². The third-order valence-corrected chi connectivity index (χ3v) is 3.14. The molecule has 2 rings (SSSR count). The zero-order valence-electron chi connectivity index (χ0n) is 11.1. The van der Waals surface area contributed by atoms with Gasteiger partial charge in [-0.25, -0.2) is 4.79 Å². The zero-order chi connectivity index (χ0) is 16.3. The van der Waals surface area contributed by atoms with E-state index < -0.39 is 18.7 Å². The molecule has 22 heavy (non-hydrogen) atoms. The first kappa shape index (κ1) is 16.1. The molecule has 1 heterocycles. The SMILES string of the molecule is CC(=O)OCn1nnc(Oc2ccc(Cl)c(Cl)c2)c1C(=O)O. The number of halogens is 2. The summed E-state index contributed by atoms with van der Waals surface area (Å²) in [6.45, 7) is 0.791. The molecule has 0 saturated carbocycles. The Morgan fingerprint density at radius 1 is 1.32 bits per heavy atom. The van der Waals surface area contributed by atoms with Gasteiger partial charge >= 0.3 is 11.9 Å². The standard InChI is InChI=1S/C12H9Cl2N3O5/c1-6(18)21-5-17-10(12(19)20)11(15-16-17)22-7-2-3-8(13)9(14)4-7/h2-4H,5H2,1H3,(H,19,20). The number of carboxylic acid groups (broad SMARTS) is 1. The first-order chi connectivity index (χ1) is 10.4. The van der Waals surface area contributed by atoms with Crippen LogP contribution >= 0.6 is 23.2 Å². The van der Waals surface area contributed by atoms with E-state index in [-0.39, 0.29) is 22.3 Å². The molecule has 0 saturated heterocycles. The van der Waals surface area contributed by atoms with Crippen LogP contribution in [-0.2, 0) is 16.3 Å². The van der Waals surface area contributed by atoms with Gasteiger partial charge in [0.25, 0.3) is 5.88 Å². The van der Waals surface area contributed by atoms with Crippen LogP contribution in [0.2, 0.25) is 10.0 Å². The number of ether oxygens (including phenoxy) is 2. The topological polar surface area (TPSA) is 104 Å². The van der Waals surface area contributed by atoms with E-state index in [1.807, 2.05) is 0 Å². The van der Waals surface area contributed by atoms with Crippen LogP contribution in [0.3, 0.4) is 0 Å². The molecule has 0 aliphatic rings. The molecule has 0 unspecified atom stereocenters. The summed E-state index contributed by atoms with van der Waals surface area (Å²) >= 11 is 11.6. The van der Waals surface area contributed by atoms with Gasteiger partial charge in [0.2, 0.25) is 5.69 Å². The molecule has 0 atom stereocenters. The fourth-order valence-electron chi connectivity index (χ4n) is 1.46. The molecule has 2 aromatic rings. The van der Waals surface area contributed by atoms with Crippen molar-refractivity contribution in [3.05, 3.63) is 33.9 Å². The molecule has 1 aromatic carbocycles. The second-order valence-corrected chi connectivity index (χ2v) is 4.81. The fourth-order valence-corrected chi connectivity index (χ4v) is 1.75. The summed E-state index contributed by atoms with van der Waals surface area (Å²) in [5.74, 6) is -1.96. The molecular formula is C12H9Cl2N3O5. The highest BCUT2D eigenvalue weighted by Gasteiger charge is 2.22. The number of rotatable bonds is 5. The van der Waals surface area contributed by atoms with Gasteiger partial charge in [-0.15, -0.1) is 0 Å². The number of aromatic carboxylic acids is 1. The molecule has 0 fully saturated rings. The summed E-state index contributed by atoms with van der Waals surface area (Å²) in [5.41, 5.74) is -0.368. The van der Waals surface area contributed by atoms with Crippen LogP contribution in [0.5, 0.6) is 11.6 Å². The van der Waals surface area contributed by atoms with E-state index in [1.54, 1.807) is 0 Å². The highest BCUT2D eigenvalue weighted by molar-refractivity contribution is 6.42. The van der Waals surface area contributed by atoms with Crippen molar-refractivity contribution in [3.8, 4) is 11.6 Å². The molecule has 0 bridgehead atoms. The monoisotopic (exact) mass is 345 g/mol. The van der Waals surface area contributed by atoms with Crippen LogP contribution in [0.25, 0.3) is 0 Å². The van der Waals surface area contributed by atoms with Gasteiger partial charge in [0.15, 0.2) is 6.73 Å². The predicted molar refractivity (Wildman–Crippen MR) is 75.3 cm³/mol. The number of benzene rings is 1. The molecule has 1 N–H and O–H groups in total. The highest BCUT2D eigenvalue weighted by Crippen LogP contribution is 2.29. The van der Waals surface area contributed by atoms with Crippen LogP contribution in [0.4, 0.5) is 0 Å². The van der Waals surface area contributed by atoms with Crippen molar-refractivity contribution in [1.82, 2.24) is 15.0 Å². The molecule has 10 heteroatoms. The van der Waals surface area contributed by atoms with Crippen molar-refractivity contribution >= 4 is 35.1 Å². The highest BCUT2D eigenvalue weighted by atomic mass is 35.5. The van der Waals surface area contributed by atoms with E-state index in [0.29, 0.717) is 5.02 Å². The Balaban J connectivity index is 2.28. The molecule has 0 aliphatic heterocycles. The van der Waals surface area contributed by atoms with Crippen LogP contribution in [0, 0.1) is 0 Å². The lowest BCUT2D eigenvalue weighted by atomic mass is 10.3. The van der Waals surface area contributed by atoms with Crippen molar-refractivity contribution in [2.75, 3.05) is 0 Å². The van der Waals surface area contributed by atoms with Crippen LogP contribution < -0.4 is 4.74 Å². The Labute approximate surface area is 134 Å². The van der Waals surface area contributed by atoms with Crippen molar-refractivity contribution in [1.29, 1.82) is 0 Å². The lowest BCUT2D eigenvalue weighted by Gasteiger charge is -2.06. The van der Waals surface area contributed by atoms with E-state index >= 15 is 0 Å². The largest absolute Gasteiger partial charge is 0.476 e. The molecule has 0 spiro atoms. The van der Waals surface area contributed by atoms with Crippen molar-refractivity contribution in [3.63, 3.8) is 0 Å². The smallest absolute Gasteiger partial charge is 0.360 e. The number of hydrogen-bond donors (Lipinski definition) is 1. The van der Waals surface area contributed by atoms with E-state index in [4.69, 9.17) is 27.9 Å². The van der Waals surface area contributed by atoms with E-state index in [0.717, 1.165) is 4.68 Å². The first-order valence-corrected chi connectivity index (χ1v) is 6.57. The molecule has 0 radical (unpaired) electrons. The Kier molecular flexibility index (Phi) is 4.84. The molecule has 0 amide bonds. The second kappa shape index (κ2) is 6.63. The van der Waals surface area contributed by atoms with E-state index in [2.05, 4.69) is 15.0 Å².